The molecule has 102 valence electrons. The summed E-state index contributed by atoms with van der Waals surface area (Å²) in [5.41, 5.74) is 6.19. The van der Waals surface area contributed by atoms with Crippen LogP contribution < -0.4 is 5.73 Å². The van der Waals surface area contributed by atoms with Gasteiger partial charge >= 0.3 is 6.18 Å². The van der Waals surface area contributed by atoms with Gasteiger partial charge in [0.1, 0.15) is 0 Å². The van der Waals surface area contributed by atoms with Crippen molar-refractivity contribution >= 4 is 0 Å². The normalized spacial score (nSPS) is 17.2. The van der Waals surface area contributed by atoms with Crippen LogP contribution in [-0.2, 0) is 4.74 Å². The summed E-state index contributed by atoms with van der Waals surface area (Å²) in [4.78, 5) is 0. The van der Waals surface area contributed by atoms with Crippen LogP contribution in [0.4, 0.5) is 13.2 Å². The number of hydrogen-bond acceptors (Lipinski definition) is 2. The molecule has 0 saturated carbocycles. The minimum Gasteiger partial charge on any atom is -0.359 e. The summed E-state index contributed by atoms with van der Waals surface area (Å²) in [5.74, 6) is 0. The minimum absolute atomic E-state index is 0.214. The lowest BCUT2D eigenvalue weighted by Crippen LogP contribution is -2.47. The van der Waals surface area contributed by atoms with E-state index in [2.05, 4.69) is 0 Å². The van der Waals surface area contributed by atoms with Crippen molar-refractivity contribution in [1.82, 2.24) is 0 Å². The first kappa shape index (κ1) is 15.0. The van der Waals surface area contributed by atoms with E-state index in [1.165, 1.54) is 0 Å². The van der Waals surface area contributed by atoms with Crippen LogP contribution in [0.15, 0.2) is 30.3 Å². The van der Waals surface area contributed by atoms with E-state index in [-0.39, 0.29) is 6.42 Å². The van der Waals surface area contributed by atoms with E-state index in [0.29, 0.717) is 5.56 Å². The zero-order valence-corrected chi connectivity index (χ0v) is 10.4. The lowest BCUT2D eigenvalue weighted by Gasteiger charge is -2.28. The number of rotatable bonds is 5. The fraction of sp³-hybridized carbons (Fsp3) is 0.538. The molecule has 0 heterocycles. The summed E-state index contributed by atoms with van der Waals surface area (Å²) in [7, 11) is 0. The van der Waals surface area contributed by atoms with Crippen LogP contribution in [0, 0.1) is 0 Å². The van der Waals surface area contributed by atoms with Crippen molar-refractivity contribution < 1.29 is 17.9 Å². The first-order valence-electron chi connectivity index (χ1n) is 5.89. The van der Waals surface area contributed by atoms with Gasteiger partial charge in [0.15, 0.2) is 6.10 Å². The molecule has 1 rings (SSSR count). The molecule has 0 radical (unpaired) electrons. The van der Waals surface area contributed by atoms with Gasteiger partial charge in [0, 0.05) is 6.04 Å². The molecule has 0 amide bonds. The zero-order chi connectivity index (χ0) is 13.8. The predicted molar refractivity (Wildman–Crippen MR) is 64.1 cm³/mol. The first-order chi connectivity index (χ1) is 8.36. The molecule has 0 spiro atoms. The van der Waals surface area contributed by atoms with Gasteiger partial charge in [0.05, 0.1) is 6.10 Å². The molecule has 0 aliphatic carbocycles. The number of benzene rings is 1. The Bertz CT molecular complexity index is 353. The maximum atomic E-state index is 12.8. The van der Waals surface area contributed by atoms with E-state index in [1.807, 2.05) is 0 Å². The Hall–Kier alpha value is -1.07. The molecular formula is C13H18F3NO. The van der Waals surface area contributed by atoms with Crippen LogP contribution in [0.2, 0.25) is 0 Å². The van der Waals surface area contributed by atoms with Crippen molar-refractivity contribution in [2.45, 2.75) is 44.7 Å². The standard InChI is InChI=1S/C13H18F3NO/c1-3-11(17)12(13(14,15)16)18-9(2)10-7-5-4-6-8-10/h4-9,11-12H,3,17H2,1-2H3. The van der Waals surface area contributed by atoms with Crippen LogP contribution >= 0.6 is 0 Å². The van der Waals surface area contributed by atoms with E-state index < -0.39 is 24.4 Å². The van der Waals surface area contributed by atoms with Gasteiger partial charge in [0.25, 0.3) is 0 Å². The van der Waals surface area contributed by atoms with Gasteiger partial charge in [0.2, 0.25) is 0 Å². The highest BCUT2D eigenvalue weighted by atomic mass is 19.4. The molecule has 3 unspecified atom stereocenters. The van der Waals surface area contributed by atoms with Crippen molar-refractivity contribution in [3.63, 3.8) is 0 Å². The summed E-state index contributed by atoms with van der Waals surface area (Å²) in [6.45, 7) is 3.20. The maximum absolute atomic E-state index is 12.8. The molecule has 0 aliphatic rings. The van der Waals surface area contributed by atoms with Gasteiger partial charge in [-0.3, -0.25) is 0 Å². The number of hydrogen-bond donors (Lipinski definition) is 1. The lowest BCUT2D eigenvalue weighted by molar-refractivity contribution is -0.238. The van der Waals surface area contributed by atoms with E-state index >= 15 is 0 Å². The second-order valence-corrected chi connectivity index (χ2v) is 4.22. The SMILES string of the molecule is CCC(N)C(OC(C)c1ccccc1)C(F)(F)F. The van der Waals surface area contributed by atoms with Gasteiger partial charge < -0.3 is 10.5 Å². The molecule has 1 aromatic rings. The lowest BCUT2D eigenvalue weighted by atomic mass is 10.1. The van der Waals surface area contributed by atoms with E-state index in [0.717, 1.165) is 0 Å². The Kier molecular flexibility index (Phi) is 5.16. The number of nitrogens with two attached hydrogens (primary N) is 1. The van der Waals surface area contributed by atoms with Crippen LogP contribution in [-0.4, -0.2) is 18.3 Å². The molecule has 0 saturated heterocycles. The molecule has 0 bridgehead atoms. The van der Waals surface area contributed by atoms with E-state index in [9.17, 15) is 13.2 Å². The molecule has 0 aromatic heterocycles. The Morgan fingerprint density at radius 1 is 1.22 bits per heavy atom. The average Bonchev–Trinajstić information content (AvgIpc) is 2.34. The highest BCUT2D eigenvalue weighted by Gasteiger charge is 2.44. The summed E-state index contributed by atoms with van der Waals surface area (Å²) in [5, 5.41) is 0. The molecule has 3 atom stereocenters. The van der Waals surface area contributed by atoms with Gasteiger partial charge in [-0.15, -0.1) is 0 Å². The van der Waals surface area contributed by atoms with Crippen LogP contribution in [0.3, 0.4) is 0 Å². The van der Waals surface area contributed by atoms with Crippen LogP contribution in [0.25, 0.3) is 0 Å². The quantitative estimate of drug-likeness (QED) is 0.881. The largest absolute Gasteiger partial charge is 0.416 e. The van der Waals surface area contributed by atoms with Crippen molar-refractivity contribution in [3.8, 4) is 0 Å². The fourth-order valence-corrected chi connectivity index (χ4v) is 1.66. The second kappa shape index (κ2) is 6.20. The summed E-state index contributed by atoms with van der Waals surface area (Å²) >= 11 is 0. The molecule has 1 aromatic carbocycles. The van der Waals surface area contributed by atoms with Gasteiger partial charge in [-0.25, -0.2) is 0 Å². The molecule has 2 N–H and O–H groups in total. The van der Waals surface area contributed by atoms with E-state index in [4.69, 9.17) is 10.5 Å². The zero-order valence-electron chi connectivity index (χ0n) is 10.4. The Morgan fingerprint density at radius 2 is 1.78 bits per heavy atom. The third-order valence-corrected chi connectivity index (χ3v) is 2.80. The molecule has 5 heteroatoms. The Morgan fingerprint density at radius 3 is 2.22 bits per heavy atom. The van der Waals surface area contributed by atoms with Gasteiger partial charge in [-0.05, 0) is 18.9 Å². The third-order valence-electron chi connectivity index (χ3n) is 2.80. The molecule has 2 nitrogen and oxygen atoms in total. The van der Waals surface area contributed by atoms with Gasteiger partial charge in [-0.2, -0.15) is 13.2 Å². The molecular weight excluding hydrogens is 243 g/mol. The fourth-order valence-electron chi connectivity index (χ4n) is 1.66. The number of halogens is 3. The van der Waals surface area contributed by atoms with Crippen LogP contribution in [0.5, 0.6) is 0 Å². The monoisotopic (exact) mass is 261 g/mol. The second-order valence-electron chi connectivity index (χ2n) is 4.22. The molecule has 0 aliphatic heterocycles. The Balaban J connectivity index is 2.78. The number of alkyl halides is 3. The maximum Gasteiger partial charge on any atom is 0.416 e. The predicted octanol–water partition coefficient (Wildman–Crippen LogP) is 3.43. The highest BCUT2D eigenvalue weighted by Crippen LogP contribution is 2.30. The summed E-state index contributed by atoms with van der Waals surface area (Å²) < 4.78 is 43.6. The highest BCUT2D eigenvalue weighted by molar-refractivity contribution is 5.17. The summed E-state index contributed by atoms with van der Waals surface area (Å²) in [6, 6.07) is 7.74. The van der Waals surface area contributed by atoms with Crippen molar-refractivity contribution in [2.24, 2.45) is 5.73 Å². The van der Waals surface area contributed by atoms with Crippen LogP contribution in [0.1, 0.15) is 31.9 Å². The topological polar surface area (TPSA) is 35.2 Å². The Labute approximate surface area is 105 Å². The van der Waals surface area contributed by atoms with E-state index in [1.54, 1.807) is 44.2 Å². The first-order valence-corrected chi connectivity index (χ1v) is 5.89. The van der Waals surface area contributed by atoms with Crippen molar-refractivity contribution in [1.29, 1.82) is 0 Å². The minimum atomic E-state index is -4.45. The van der Waals surface area contributed by atoms with Crippen molar-refractivity contribution in [3.05, 3.63) is 35.9 Å². The molecule has 0 fully saturated rings. The third kappa shape index (κ3) is 3.99. The smallest absolute Gasteiger partial charge is 0.359 e. The molecule has 18 heavy (non-hydrogen) atoms. The summed E-state index contributed by atoms with van der Waals surface area (Å²) in [6.07, 6.45) is -6.81. The van der Waals surface area contributed by atoms with Crippen molar-refractivity contribution in [2.75, 3.05) is 0 Å². The number of ether oxygens (including phenoxy) is 1. The van der Waals surface area contributed by atoms with Gasteiger partial charge in [-0.1, -0.05) is 37.3 Å². The average molecular weight is 261 g/mol.